The molecule has 4 aromatic heterocycles. The first-order valence-electron chi connectivity index (χ1n) is 21.7. The van der Waals surface area contributed by atoms with E-state index < -0.39 is 0 Å². The highest BCUT2D eigenvalue weighted by Crippen LogP contribution is 2.38. The van der Waals surface area contributed by atoms with Gasteiger partial charge in [0, 0.05) is 43.8 Å². The molecule has 296 valence electrons. The number of hydrogen-bond acceptors (Lipinski definition) is 4. The maximum atomic E-state index is 5.23. The number of hydrogen-bond donors (Lipinski definition) is 0. The lowest BCUT2D eigenvalue weighted by atomic mass is 9.92. The number of rotatable bonds is 5. The van der Waals surface area contributed by atoms with E-state index >= 15 is 0 Å². The average Bonchev–Trinajstić information content (AvgIpc) is 3.38. The second kappa shape index (κ2) is 14.5. The first kappa shape index (κ1) is 36.1. The fourth-order valence-corrected chi connectivity index (χ4v) is 9.49. The standard InChI is InChI=1S/C60H36N4/c1-2-8-37(9-3-1)54-32-27-42-20-21-43-28-33-55(64-60(43)59(42)63-54)39-16-14-38(15-17-39)53-30-25-41-19-23-46(36-58(41)61-53)56-31-26-40-18-22-45(35-57(40)62-56)44-24-29-51-49-12-5-4-10-47(49)48-11-6-7-13-50(48)52(51)34-44/h1-36H. The third-order valence-corrected chi connectivity index (χ3v) is 12.8. The van der Waals surface area contributed by atoms with E-state index in [1.54, 1.807) is 0 Å². The smallest absolute Gasteiger partial charge is 0.0972 e. The van der Waals surface area contributed by atoms with E-state index in [0.717, 1.165) is 94.2 Å². The second-order valence-corrected chi connectivity index (χ2v) is 16.6. The molecule has 0 radical (unpaired) electrons. The van der Waals surface area contributed by atoms with Crippen molar-refractivity contribution in [2.75, 3.05) is 0 Å². The van der Waals surface area contributed by atoms with Gasteiger partial charge in [-0.1, -0.05) is 176 Å². The van der Waals surface area contributed by atoms with E-state index in [2.05, 4.69) is 200 Å². The predicted molar refractivity (Wildman–Crippen MR) is 267 cm³/mol. The average molecular weight is 813 g/mol. The van der Waals surface area contributed by atoms with E-state index in [0.29, 0.717) is 0 Å². The summed E-state index contributed by atoms with van der Waals surface area (Å²) in [6, 6.07) is 77.5. The first-order chi connectivity index (χ1) is 31.7. The van der Waals surface area contributed by atoms with Crippen LogP contribution in [0.5, 0.6) is 0 Å². The van der Waals surface area contributed by atoms with Crippen LogP contribution in [-0.2, 0) is 0 Å². The SMILES string of the molecule is c1ccc(-c2ccc3ccc4ccc(-c5ccc(-c6ccc7ccc(-c8ccc9ccc(-c%10ccc%11c%12ccccc%12c%12ccccc%12c%11c%10)cc9n8)cc7n6)cc5)nc4c3n2)cc1. The van der Waals surface area contributed by atoms with E-state index in [-0.39, 0.29) is 0 Å². The summed E-state index contributed by atoms with van der Waals surface area (Å²) in [6.45, 7) is 0. The summed E-state index contributed by atoms with van der Waals surface area (Å²) in [4.78, 5) is 20.7. The van der Waals surface area contributed by atoms with Crippen LogP contribution < -0.4 is 0 Å². The third-order valence-electron chi connectivity index (χ3n) is 12.8. The lowest BCUT2D eigenvalue weighted by Crippen LogP contribution is -1.91. The predicted octanol–water partition coefficient (Wildman–Crippen LogP) is 15.7. The molecule has 9 aromatic carbocycles. The third kappa shape index (κ3) is 6.07. The summed E-state index contributed by atoms with van der Waals surface area (Å²) in [7, 11) is 0. The normalized spacial score (nSPS) is 11.8. The zero-order valence-corrected chi connectivity index (χ0v) is 34.6. The minimum Gasteiger partial charge on any atom is -0.248 e. The molecule has 13 rings (SSSR count). The molecular weight excluding hydrogens is 777 g/mol. The van der Waals surface area contributed by atoms with Gasteiger partial charge in [0.2, 0.25) is 0 Å². The lowest BCUT2D eigenvalue weighted by Gasteiger charge is -2.12. The summed E-state index contributed by atoms with van der Waals surface area (Å²) >= 11 is 0. The molecule has 0 aliphatic heterocycles. The van der Waals surface area contributed by atoms with Crippen molar-refractivity contribution in [1.29, 1.82) is 0 Å². The van der Waals surface area contributed by atoms with Gasteiger partial charge < -0.3 is 0 Å². The highest BCUT2D eigenvalue weighted by Gasteiger charge is 2.13. The van der Waals surface area contributed by atoms with Crippen LogP contribution in [0.2, 0.25) is 0 Å². The van der Waals surface area contributed by atoms with Crippen molar-refractivity contribution in [2.45, 2.75) is 0 Å². The van der Waals surface area contributed by atoms with Gasteiger partial charge in [-0.3, -0.25) is 0 Å². The second-order valence-electron chi connectivity index (χ2n) is 16.6. The molecule has 0 N–H and O–H groups in total. The Morgan fingerprint density at radius 2 is 0.547 bits per heavy atom. The minimum atomic E-state index is 0.901. The molecule has 0 spiro atoms. The van der Waals surface area contributed by atoms with Gasteiger partial charge in [-0.25, -0.2) is 19.9 Å². The quantitative estimate of drug-likeness (QED) is 0.162. The van der Waals surface area contributed by atoms with E-state index in [4.69, 9.17) is 19.9 Å². The van der Waals surface area contributed by atoms with E-state index in [1.165, 1.54) is 37.9 Å². The molecule has 0 fully saturated rings. The van der Waals surface area contributed by atoms with Gasteiger partial charge in [0.1, 0.15) is 0 Å². The van der Waals surface area contributed by atoms with Crippen molar-refractivity contribution in [3.63, 3.8) is 0 Å². The van der Waals surface area contributed by atoms with Crippen molar-refractivity contribution >= 4 is 75.9 Å². The van der Waals surface area contributed by atoms with Gasteiger partial charge in [0.25, 0.3) is 0 Å². The van der Waals surface area contributed by atoms with Crippen LogP contribution in [0.3, 0.4) is 0 Å². The molecule has 0 saturated heterocycles. The highest BCUT2D eigenvalue weighted by atomic mass is 14.8. The van der Waals surface area contributed by atoms with Gasteiger partial charge >= 0.3 is 0 Å². The van der Waals surface area contributed by atoms with Crippen LogP contribution in [0.15, 0.2) is 218 Å². The molecule has 0 amide bonds. The lowest BCUT2D eigenvalue weighted by molar-refractivity contribution is 1.36. The number of pyridine rings is 4. The summed E-state index contributed by atoms with van der Waals surface area (Å²) in [6.07, 6.45) is 0. The molecule has 4 heterocycles. The zero-order valence-electron chi connectivity index (χ0n) is 34.6. The van der Waals surface area contributed by atoms with Crippen LogP contribution in [0.1, 0.15) is 0 Å². The summed E-state index contributed by atoms with van der Waals surface area (Å²) < 4.78 is 0. The molecule has 0 saturated carbocycles. The Morgan fingerprint density at radius 3 is 1.11 bits per heavy atom. The van der Waals surface area contributed by atoms with Crippen molar-refractivity contribution < 1.29 is 0 Å². The molecular formula is C60H36N4. The van der Waals surface area contributed by atoms with Gasteiger partial charge in [-0.15, -0.1) is 0 Å². The van der Waals surface area contributed by atoms with Crippen LogP contribution >= 0.6 is 0 Å². The fraction of sp³-hybridized carbons (Fsp3) is 0. The molecule has 64 heavy (non-hydrogen) atoms. The molecule has 0 aliphatic rings. The Hall–Kier alpha value is -8.60. The van der Waals surface area contributed by atoms with E-state index in [1.807, 2.05) is 18.2 Å². The maximum absolute atomic E-state index is 5.23. The van der Waals surface area contributed by atoms with Crippen LogP contribution in [0.25, 0.3) is 132 Å². The Bertz CT molecular complexity index is 3970. The number of aromatic nitrogens is 4. The molecule has 13 aromatic rings. The molecule has 0 unspecified atom stereocenters. The summed E-state index contributed by atoms with van der Waals surface area (Å²) in [5.74, 6) is 0. The summed E-state index contributed by atoms with van der Waals surface area (Å²) in [5.41, 5.74) is 13.9. The van der Waals surface area contributed by atoms with Crippen molar-refractivity contribution in [1.82, 2.24) is 19.9 Å². The largest absolute Gasteiger partial charge is 0.248 e. The van der Waals surface area contributed by atoms with Crippen molar-refractivity contribution in [3.8, 4) is 56.2 Å². The monoisotopic (exact) mass is 812 g/mol. The number of nitrogens with zero attached hydrogens (tertiary/aromatic N) is 4. The summed E-state index contributed by atoms with van der Waals surface area (Å²) in [5, 5.41) is 12.0. The Kier molecular flexibility index (Phi) is 8.18. The van der Waals surface area contributed by atoms with Crippen LogP contribution in [0.4, 0.5) is 0 Å². The zero-order chi connectivity index (χ0) is 42.1. The van der Waals surface area contributed by atoms with Gasteiger partial charge in [0.15, 0.2) is 0 Å². The Morgan fingerprint density at radius 1 is 0.203 bits per heavy atom. The molecule has 0 atom stereocenters. The minimum absolute atomic E-state index is 0.901. The van der Waals surface area contributed by atoms with Gasteiger partial charge in [-0.2, -0.15) is 0 Å². The maximum Gasteiger partial charge on any atom is 0.0972 e. The van der Waals surface area contributed by atoms with Crippen molar-refractivity contribution in [2.24, 2.45) is 0 Å². The first-order valence-corrected chi connectivity index (χ1v) is 21.7. The molecule has 4 heteroatoms. The van der Waals surface area contributed by atoms with Crippen molar-refractivity contribution in [3.05, 3.63) is 218 Å². The number of fused-ring (bicyclic) bond motifs is 11. The van der Waals surface area contributed by atoms with Gasteiger partial charge in [0.05, 0.1) is 44.8 Å². The molecule has 0 aliphatic carbocycles. The van der Waals surface area contributed by atoms with Gasteiger partial charge in [-0.05, 0) is 85.9 Å². The fourth-order valence-electron chi connectivity index (χ4n) is 9.49. The van der Waals surface area contributed by atoms with E-state index in [9.17, 15) is 0 Å². The highest BCUT2D eigenvalue weighted by molar-refractivity contribution is 6.25. The van der Waals surface area contributed by atoms with Crippen LogP contribution in [-0.4, -0.2) is 19.9 Å². The topological polar surface area (TPSA) is 51.6 Å². The van der Waals surface area contributed by atoms with Crippen LogP contribution in [0, 0.1) is 0 Å². The molecule has 4 nitrogen and oxygen atoms in total. The molecule has 0 bridgehead atoms. The Labute approximate surface area is 368 Å². The number of benzene rings is 9. The Balaban J connectivity index is 0.812.